The number of carbonyl (C=O) groups excluding carboxylic acids is 1. The number of amides is 1. The largest absolute Gasteiger partial charge is 0.307 e. The van der Waals surface area contributed by atoms with Gasteiger partial charge in [0.2, 0.25) is 0 Å². The van der Waals surface area contributed by atoms with Crippen LogP contribution in [0.4, 0.5) is 5.82 Å². The maximum atomic E-state index is 12.5. The molecule has 3 aromatic rings. The molecule has 3 rings (SSSR count). The molecule has 0 fully saturated rings. The number of nitrogens with zero attached hydrogens (tertiary/aromatic N) is 2. The van der Waals surface area contributed by atoms with Gasteiger partial charge in [-0.05, 0) is 35.9 Å². The number of aromatic nitrogens is 2. The van der Waals surface area contributed by atoms with E-state index in [2.05, 4.69) is 10.4 Å². The molecule has 1 heterocycles. The fourth-order valence-corrected chi connectivity index (χ4v) is 3.31. The number of anilines is 1. The van der Waals surface area contributed by atoms with Crippen LogP contribution in [0.25, 0.3) is 0 Å². The van der Waals surface area contributed by atoms with Crippen LogP contribution in [0.2, 0.25) is 5.02 Å². The molecule has 0 radical (unpaired) electrons. The normalized spacial score (nSPS) is 11.3. The van der Waals surface area contributed by atoms with Crippen LogP contribution in [-0.2, 0) is 16.4 Å². The first-order valence-electron chi connectivity index (χ1n) is 7.71. The second kappa shape index (κ2) is 7.31. The Morgan fingerprint density at radius 3 is 2.65 bits per heavy atom. The van der Waals surface area contributed by atoms with E-state index in [0.29, 0.717) is 17.4 Å². The molecule has 0 saturated heterocycles. The van der Waals surface area contributed by atoms with Crippen molar-refractivity contribution in [3.05, 3.63) is 76.9 Å². The number of carbonyl (C=O) groups is 1. The Bertz CT molecular complexity index is 1060. The molecule has 8 heteroatoms. The summed E-state index contributed by atoms with van der Waals surface area (Å²) >= 11 is 5.99. The molecule has 0 atom stereocenters. The van der Waals surface area contributed by atoms with E-state index in [-0.39, 0.29) is 10.5 Å². The van der Waals surface area contributed by atoms with Gasteiger partial charge in [0.25, 0.3) is 5.91 Å². The molecule has 134 valence electrons. The molecule has 0 aliphatic rings. The lowest BCUT2D eigenvalue weighted by Crippen LogP contribution is -2.16. The van der Waals surface area contributed by atoms with Gasteiger partial charge in [0, 0.05) is 22.9 Å². The summed E-state index contributed by atoms with van der Waals surface area (Å²) in [6.07, 6.45) is 2.68. The summed E-state index contributed by atoms with van der Waals surface area (Å²) in [5.74, 6) is 0.0862. The molecule has 6 nitrogen and oxygen atoms in total. The summed E-state index contributed by atoms with van der Waals surface area (Å²) in [5.41, 5.74) is 1.19. The number of nitrogens with one attached hydrogen (secondary N) is 1. The third kappa shape index (κ3) is 4.30. The van der Waals surface area contributed by atoms with Gasteiger partial charge < -0.3 is 5.32 Å². The van der Waals surface area contributed by atoms with Gasteiger partial charge in [0.05, 0.1) is 17.6 Å². The van der Waals surface area contributed by atoms with E-state index in [0.717, 1.165) is 11.8 Å². The van der Waals surface area contributed by atoms with E-state index in [4.69, 9.17) is 11.6 Å². The fourth-order valence-electron chi connectivity index (χ4n) is 2.43. The third-order valence-corrected chi connectivity index (χ3v) is 5.05. The Labute approximate surface area is 156 Å². The molecule has 0 unspecified atom stereocenters. The van der Waals surface area contributed by atoms with Crippen molar-refractivity contribution >= 4 is 33.2 Å². The smallest absolute Gasteiger partial charge is 0.256 e. The maximum Gasteiger partial charge on any atom is 0.256 e. The van der Waals surface area contributed by atoms with E-state index in [1.165, 1.54) is 18.2 Å². The third-order valence-electron chi connectivity index (χ3n) is 3.70. The van der Waals surface area contributed by atoms with Crippen molar-refractivity contribution in [3.63, 3.8) is 0 Å². The highest BCUT2D eigenvalue weighted by Crippen LogP contribution is 2.16. The lowest BCUT2D eigenvalue weighted by atomic mass is 10.2. The summed E-state index contributed by atoms with van der Waals surface area (Å²) in [4.78, 5) is 12.6. The predicted octanol–water partition coefficient (Wildman–Crippen LogP) is 3.24. The quantitative estimate of drug-likeness (QED) is 0.726. The maximum absolute atomic E-state index is 12.5. The minimum Gasteiger partial charge on any atom is -0.307 e. The lowest BCUT2D eigenvalue weighted by Gasteiger charge is -2.10. The van der Waals surface area contributed by atoms with Crippen molar-refractivity contribution in [2.24, 2.45) is 0 Å². The standard InChI is InChI=1S/C18H16ClN3O3S/c1-26(24,25)16-7-3-5-14(11-16)18(23)21-17-8-9-20-22(17)12-13-4-2-6-15(19)10-13/h2-11H,12H2,1H3,(H,21,23). The molecule has 0 bridgehead atoms. The van der Waals surface area contributed by atoms with Gasteiger partial charge in [0.1, 0.15) is 5.82 Å². The highest BCUT2D eigenvalue weighted by atomic mass is 35.5. The van der Waals surface area contributed by atoms with E-state index in [9.17, 15) is 13.2 Å². The van der Waals surface area contributed by atoms with Crippen LogP contribution in [0.1, 0.15) is 15.9 Å². The summed E-state index contributed by atoms with van der Waals surface area (Å²) in [6.45, 7) is 0.437. The zero-order chi connectivity index (χ0) is 18.7. The monoisotopic (exact) mass is 389 g/mol. The van der Waals surface area contributed by atoms with Crippen molar-refractivity contribution in [2.45, 2.75) is 11.4 Å². The van der Waals surface area contributed by atoms with Crippen LogP contribution >= 0.6 is 11.6 Å². The first-order chi connectivity index (χ1) is 12.3. The zero-order valence-corrected chi connectivity index (χ0v) is 15.5. The molecule has 1 aromatic heterocycles. The molecule has 0 aliphatic carbocycles. The van der Waals surface area contributed by atoms with Gasteiger partial charge in [-0.3, -0.25) is 4.79 Å². The van der Waals surface area contributed by atoms with E-state index in [1.54, 1.807) is 29.1 Å². The first kappa shape index (κ1) is 18.2. The SMILES string of the molecule is CS(=O)(=O)c1cccc(C(=O)Nc2ccnn2Cc2cccc(Cl)c2)c1. The van der Waals surface area contributed by atoms with Crippen molar-refractivity contribution in [1.29, 1.82) is 0 Å². The average Bonchev–Trinajstić information content (AvgIpc) is 3.01. The van der Waals surface area contributed by atoms with Gasteiger partial charge in [-0.15, -0.1) is 0 Å². The molecular formula is C18H16ClN3O3S. The van der Waals surface area contributed by atoms with Gasteiger partial charge in [-0.1, -0.05) is 29.8 Å². The molecule has 1 N–H and O–H groups in total. The minimum absolute atomic E-state index is 0.0950. The van der Waals surface area contributed by atoms with Crippen molar-refractivity contribution in [3.8, 4) is 0 Å². The van der Waals surface area contributed by atoms with Crippen LogP contribution in [0, 0.1) is 0 Å². The first-order valence-corrected chi connectivity index (χ1v) is 9.97. The van der Waals surface area contributed by atoms with E-state index in [1.807, 2.05) is 18.2 Å². The Kier molecular flexibility index (Phi) is 5.11. The second-order valence-electron chi connectivity index (χ2n) is 5.76. The van der Waals surface area contributed by atoms with Crippen LogP contribution in [0.3, 0.4) is 0 Å². The molecule has 0 saturated carbocycles. The summed E-state index contributed by atoms with van der Waals surface area (Å²) in [6, 6.07) is 14.9. The molecule has 2 aromatic carbocycles. The number of rotatable bonds is 5. The molecule has 1 amide bonds. The Hall–Kier alpha value is -2.64. The number of hydrogen-bond donors (Lipinski definition) is 1. The second-order valence-corrected chi connectivity index (χ2v) is 8.21. The van der Waals surface area contributed by atoms with Crippen LogP contribution in [0.15, 0.2) is 65.7 Å². The predicted molar refractivity (Wildman–Crippen MR) is 100 cm³/mol. The van der Waals surface area contributed by atoms with E-state index < -0.39 is 15.7 Å². The Balaban J connectivity index is 1.80. The molecule has 0 spiro atoms. The van der Waals surface area contributed by atoms with Gasteiger partial charge >= 0.3 is 0 Å². The Morgan fingerprint density at radius 1 is 1.15 bits per heavy atom. The topological polar surface area (TPSA) is 81.1 Å². The Morgan fingerprint density at radius 2 is 1.92 bits per heavy atom. The lowest BCUT2D eigenvalue weighted by molar-refractivity contribution is 0.102. The summed E-state index contributed by atoms with van der Waals surface area (Å²) in [7, 11) is -3.38. The van der Waals surface area contributed by atoms with Crippen LogP contribution in [-0.4, -0.2) is 30.4 Å². The van der Waals surface area contributed by atoms with Crippen LogP contribution in [0.5, 0.6) is 0 Å². The van der Waals surface area contributed by atoms with Gasteiger partial charge in [-0.2, -0.15) is 5.10 Å². The van der Waals surface area contributed by atoms with Crippen molar-refractivity contribution < 1.29 is 13.2 Å². The van der Waals surface area contributed by atoms with Crippen molar-refractivity contribution in [2.75, 3.05) is 11.6 Å². The van der Waals surface area contributed by atoms with Gasteiger partial charge in [0.15, 0.2) is 9.84 Å². The zero-order valence-electron chi connectivity index (χ0n) is 13.9. The highest BCUT2D eigenvalue weighted by Gasteiger charge is 2.13. The number of hydrogen-bond acceptors (Lipinski definition) is 4. The molecular weight excluding hydrogens is 374 g/mol. The number of benzene rings is 2. The van der Waals surface area contributed by atoms with Crippen molar-refractivity contribution in [1.82, 2.24) is 9.78 Å². The van der Waals surface area contributed by atoms with E-state index >= 15 is 0 Å². The summed E-state index contributed by atoms with van der Waals surface area (Å²) < 4.78 is 24.9. The molecule has 0 aliphatic heterocycles. The number of halogens is 1. The fraction of sp³-hybridized carbons (Fsp3) is 0.111. The number of sulfone groups is 1. The highest BCUT2D eigenvalue weighted by molar-refractivity contribution is 7.90. The molecule has 26 heavy (non-hydrogen) atoms. The average molecular weight is 390 g/mol. The minimum atomic E-state index is -3.38. The summed E-state index contributed by atoms with van der Waals surface area (Å²) in [5, 5.41) is 7.58. The van der Waals surface area contributed by atoms with Gasteiger partial charge in [-0.25, -0.2) is 13.1 Å². The van der Waals surface area contributed by atoms with Crippen LogP contribution < -0.4 is 5.32 Å².